The largest absolute Gasteiger partial charge is 0.462 e. The molecule has 0 unspecified atom stereocenters. The molecule has 0 saturated carbocycles. The van der Waals surface area contributed by atoms with Crippen molar-refractivity contribution in [3.63, 3.8) is 0 Å². The van der Waals surface area contributed by atoms with Gasteiger partial charge in [0, 0.05) is 0 Å². The summed E-state index contributed by atoms with van der Waals surface area (Å²) >= 11 is 0. The van der Waals surface area contributed by atoms with Gasteiger partial charge in [0.1, 0.15) is 0 Å². The molecule has 0 heterocycles. The van der Waals surface area contributed by atoms with Crippen LogP contribution >= 0.6 is 0 Å². The number of unbranched alkanes of at least 4 members (excludes halogenated alkanes) is 14. The van der Waals surface area contributed by atoms with Crippen LogP contribution in [-0.2, 0) is 19.6 Å². The summed E-state index contributed by atoms with van der Waals surface area (Å²) in [5.74, 6) is -1.60. The van der Waals surface area contributed by atoms with Gasteiger partial charge in [0.2, 0.25) is 0 Å². The lowest BCUT2D eigenvalue weighted by Gasteiger charge is -2.10. The van der Waals surface area contributed by atoms with Crippen molar-refractivity contribution in [2.24, 2.45) is 0 Å². The first kappa shape index (κ1) is 37.6. The van der Waals surface area contributed by atoms with Gasteiger partial charge in [-0.15, -0.1) is 0 Å². The van der Waals surface area contributed by atoms with Gasteiger partial charge in [-0.2, -0.15) is 8.42 Å². The number of benzene rings is 1. The van der Waals surface area contributed by atoms with E-state index in [-0.39, 0.29) is 24.3 Å². The molecular formula is C34H54O7S. The van der Waals surface area contributed by atoms with E-state index in [1.54, 1.807) is 0 Å². The third kappa shape index (κ3) is 18.2. The van der Waals surface area contributed by atoms with Crippen LogP contribution in [0, 0.1) is 0 Å². The number of carbonyl (C=O) groups excluding carboxylic acids is 2. The summed E-state index contributed by atoms with van der Waals surface area (Å²) in [6.45, 7) is 4.64. The Kier molecular flexibility index (Phi) is 21.5. The molecule has 238 valence electrons. The van der Waals surface area contributed by atoms with E-state index in [1.165, 1.54) is 83.1 Å². The summed E-state index contributed by atoms with van der Waals surface area (Å²) < 4.78 is 43.3. The van der Waals surface area contributed by atoms with E-state index in [0.717, 1.165) is 37.8 Å². The molecule has 42 heavy (non-hydrogen) atoms. The molecule has 0 aromatic heterocycles. The molecular weight excluding hydrogens is 552 g/mol. The van der Waals surface area contributed by atoms with Crippen LogP contribution in [0.15, 0.2) is 47.4 Å². The summed E-state index contributed by atoms with van der Waals surface area (Å²) in [7, 11) is -4.57. The van der Waals surface area contributed by atoms with Crippen LogP contribution in [0.4, 0.5) is 0 Å². The van der Waals surface area contributed by atoms with Crippen molar-refractivity contribution in [2.75, 3.05) is 13.2 Å². The van der Waals surface area contributed by atoms with Gasteiger partial charge < -0.3 is 9.47 Å². The second-order valence-corrected chi connectivity index (χ2v) is 12.2. The van der Waals surface area contributed by atoms with Crippen LogP contribution < -0.4 is 0 Å². The second-order valence-electron chi connectivity index (χ2n) is 10.8. The fraction of sp³-hybridized carbons (Fsp3) is 0.647. The van der Waals surface area contributed by atoms with Crippen LogP contribution in [-0.4, -0.2) is 38.1 Å². The molecule has 1 aromatic rings. The average molecular weight is 607 g/mol. The first-order valence-electron chi connectivity index (χ1n) is 16.1. The van der Waals surface area contributed by atoms with E-state index in [9.17, 15) is 22.6 Å². The maximum absolute atomic E-state index is 12.8. The topological polar surface area (TPSA) is 107 Å². The van der Waals surface area contributed by atoms with Crippen LogP contribution in [0.25, 0.3) is 0 Å². The average Bonchev–Trinajstić information content (AvgIpc) is 2.97. The first-order chi connectivity index (χ1) is 20.3. The minimum Gasteiger partial charge on any atom is -0.462 e. The van der Waals surface area contributed by atoms with Crippen molar-refractivity contribution in [1.82, 2.24) is 0 Å². The van der Waals surface area contributed by atoms with E-state index >= 15 is 0 Å². The van der Waals surface area contributed by atoms with E-state index in [4.69, 9.17) is 9.47 Å². The molecule has 0 saturated heterocycles. The van der Waals surface area contributed by atoms with Crippen LogP contribution in [0.5, 0.6) is 0 Å². The molecule has 1 N–H and O–H groups in total. The Morgan fingerprint density at radius 2 is 1.02 bits per heavy atom. The predicted octanol–water partition coefficient (Wildman–Crippen LogP) is 9.42. The molecule has 0 amide bonds. The summed E-state index contributed by atoms with van der Waals surface area (Å²) in [5, 5.41) is 0. The Balaban J connectivity index is 2.49. The van der Waals surface area contributed by atoms with Crippen LogP contribution in [0.3, 0.4) is 0 Å². The lowest BCUT2D eigenvalue weighted by Crippen LogP contribution is -2.16. The molecule has 8 heteroatoms. The molecule has 0 atom stereocenters. The molecule has 1 rings (SSSR count). The van der Waals surface area contributed by atoms with E-state index in [0.29, 0.717) is 12.8 Å². The van der Waals surface area contributed by atoms with Gasteiger partial charge in [-0.3, -0.25) is 4.55 Å². The van der Waals surface area contributed by atoms with E-state index in [2.05, 4.69) is 26.0 Å². The highest BCUT2D eigenvalue weighted by Crippen LogP contribution is 2.19. The highest BCUT2D eigenvalue weighted by atomic mass is 32.2. The number of allylic oxidation sites excluding steroid dienone is 2. The lowest BCUT2D eigenvalue weighted by molar-refractivity contribution is 0.0464. The third-order valence-electron chi connectivity index (χ3n) is 7.05. The summed E-state index contributed by atoms with van der Waals surface area (Å²) in [4.78, 5) is 25.0. The molecule has 0 aliphatic carbocycles. The third-order valence-corrected chi connectivity index (χ3v) is 7.90. The molecule has 1 aromatic carbocycles. The van der Waals surface area contributed by atoms with Crippen molar-refractivity contribution >= 4 is 22.1 Å². The minimum absolute atomic E-state index is 0.0838. The van der Waals surface area contributed by atoms with Gasteiger partial charge in [0.25, 0.3) is 10.1 Å². The molecule has 7 nitrogen and oxygen atoms in total. The quantitative estimate of drug-likeness (QED) is 0.0511. The predicted molar refractivity (Wildman–Crippen MR) is 170 cm³/mol. The molecule has 0 spiro atoms. The Morgan fingerprint density at radius 3 is 1.48 bits per heavy atom. The number of rotatable bonds is 25. The lowest BCUT2D eigenvalue weighted by atomic mass is 10.1. The standard InChI is InChI=1S/C34H54O7S/c1-3-5-7-9-11-13-15-17-19-21-23-27-40-33(35)31-26-25-30(42(37,38)39)29-32(31)34(36)41-28-24-22-20-18-16-14-12-10-8-6-4-2/h19-22,25-26,29H,3-18,23-24,27-28H2,1-2H3,(H,37,38,39)/b21-19+,22-20+. The highest BCUT2D eigenvalue weighted by Gasteiger charge is 2.23. The van der Waals surface area contributed by atoms with Gasteiger partial charge in [0.15, 0.2) is 0 Å². The number of hydrogen-bond acceptors (Lipinski definition) is 6. The van der Waals surface area contributed by atoms with Crippen molar-refractivity contribution in [1.29, 1.82) is 0 Å². The van der Waals surface area contributed by atoms with Gasteiger partial charge >= 0.3 is 11.9 Å². The SMILES string of the molecule is CCCCCCCCC/C=C/CCOC(=O)c1ccc(S(=O)(=O)O)cc1C(=O)OCC/C=C/CCCCCCCCC. The smallest absolute Gasteiger partial charge is 0.339 e. The summed E-state index contributed by atoms with van der Waals surface area (Å²) in [6, 6.07) is 3.19. The summed E-state index contributed by atoms with van der Waals surface area (Å²) in [5.41, 5.74) is -0.356. The zero-order valence-corrected chi connectivity index (χ0v) is 26.8. The number of hydrogen-bond donors (Lipinski definition) is 1. The zero-order chi connectivity index (χ0) is 30.9. The number of esters is 2. The van der Waals surface area contributed by atoms with Gasteiger partial charge in [-0.05, 0) is 56.7 Å². The molecule has 0 aliphatic rings. The zero-order valence-electron chi connectivity index (χ0n) is 26.0. The normalized spacial score (nSPS) is 11.9. The Bertz CT molecular complexity index is 1040. The van der Waals surface area contributed by atoms with Crippen molar-refractivity contribution in [2.45, 2.75) is 134 Å². The number of carbonyl (C=O) groups is 2. The minimum atomic E-state index is -4.57. The Hall–Kier alpha value is -2.45. The first-order valence-corrected chi connectivity index (χ1v) is 17.5. The molecule has 0 fully saturated rings. The number of ether oxygens (including phenoxy) is 2. The van der Waals surface area contributed by atoms with Crippen molar-refractivity contribution in [3.8, 4) is 0 Å². The second kappa shape index (κ2) is 24.0. The van der Waals surface area contributed by atoms with Crippen molar-refractivity contribution < 1.29 is 32.0 Å². The van der Waals surface area contributed by atoms with Gasteiger partial charge in [-0.25, -0.2) is 9.59 Å². The van der Waals surface area contributed by atoms with E-state index < -0.39 is 27.0 Å². The fourth-order valence-corrected chi connectivity index (χ4v) is 5.04. The van der Waals surface area contributed by atoms with Gasteiger partial charge in [-0.1, -0.05) is 115 Å². The molecule has 0 bridgehead atoms. The van der Waals surface area contributed by atoms with Crippen molar-refractivity contribution in [3.05, 3.63) is 53.6 Å². The highest BCUT2D eigenvalue weighted by molar-refractivity contribution is 7.85. The monoisotopic (exact) mass is 606 g/mol. The molecule has 0 radical (unpaired) electrons. The Labute approximate surface area is 254 Å². The molecule has 0 aliphatic heterocycles. The maximum Gasteiger partial charge on any atom is 0.339 e. The van der Waals surface area contributed by atoms with E-state index in [1.807, 2.05) is 12.2 Å². The maximum atomic E-state index is 12.8. The summed E-state index contributed by atoms with van der Waals surface area (Å²) in [6.07, 6.45) is 28.7. The van der Waals surface area contributed by atoms with Gasteiger partial charge in [0.05, 0.1) is 29.2 Å². The van der Waals surface area contributed by atoms with Crippen LogP contribution in [0.1, 0.15) is 150 Å². The Morgan fingerprint density at radius 1 is 0.619 bits per heavy atom. The van der Waals surface area contributed by atoms with Crippen LogP contribution in [0.2, 0.25) is 0 Å². The fourth-order valence-electron chi connectivity index (χ4n) is 4.54.